The van der Waals surface area contributed by atoms with E-state index in [1.807, 2.05) is 0 Å². The van der Waals surface area contributed by atoms with E-state index in [-0.39, 0.29) is 17.9 Å². The van der Waals surface area contributed by atoms with E-state index in [0.29, 0.717) is 12.8 Å². The first-order chi connectivity index (χ1) is 16.1. The smallest absolute Gasteiger partial charge is 0.230 e. The molecule has 1 rings (SSSR count). The van der Waals surface area contributed by atoms with E-state index < -0.39 is 0 Å². The van der Waals surface area contributed by atoms with Crippen molar-refractivity contribution < 1.29 is 9.59 Å². The summed E-state index contributed by atoms with van der Waals surface area (Å²) >= 11 is 0. The Morgan fingerprint density at radius 2 is 1.06 bits per heavy atom. The van der Waals surface area contributed by atoms with Crippen LogP contribution >= 0.6 is 0 Å². The second-order valence-electron chi connectivity index (χ2n) is 10.4. The highest BCUT2D eigenvalue weighted by atomic mass is 16.2. The van der Waals surface area contributed by atoms with Gasteiger partial charge in [0.1, 0.15) is 0 Å². The maximum atomic E-state index is 12.3. The molecule has 0 aromatic heterocycles. The minimum atomic E-state index is -0.00361. The third-order valence-electron chi connectivity index (χ3n) is 7.28. The molecule has 1 atom stereocenters. The highest BCUT2D eigenvalue weighted by Gasteiger charge is 2.35. The van der Waals surface area contributed by atoms with Gasteiger partial charge in [-0.05, 0) is 26.2 Å². The van der Waals surface area contributed by atoms with Crippen LogP contribution in [0.4, 0.5) is 0 Å². The van der Waals surface area contributed by atoms with Crippen LogP contribution in [0.3, 0.4) is 0 Å². The monoisotopic (exact) mass is 461 g/mol. The molecule has 0 radical (unpaired) electrons. The molecule has 1 saturated heterocycles. The van der Waals surface area contributed by atoms with E-state index in [2.05, 4.69) is 26.8 Å². The third kappa shape index (κ3) is 14.0. The molecule has 3 nitrogen and oxygen atoms in total. The van der Waals surface area contributed by atoms with Gasteiger partial charge in [0.05, 0.1) is 6.04 Å². The van der Waals surface area contributed by atoms with Crippen LogP contribution in [0.2, 0.25) is 0 Å². The molecule has 1 heterocycles. The van der Waals surface area contributed by atoms with Crippen LogP contribution in [0.1, 0.15) is 162 Å². The van der Waals surface area contributed by atoms with Crippen LogP contribution in [-0.2, 0) is 9.59 Å². The summed E-state index contributed by atoms with van der Waals surface area (Å²) in [6, 6.07) is -0.00361. The van der Waals surface area contributed by atoms with E-state index in [4.69, 9.17) is 0 Å². The van der Waals surface area contributed by atoms with Crippen molar-refractivity contribution in [1.82, 2.24) is 4.90 Å². The lowest BCUT2D eigenvalue weighted by atomic mass is 9.97. The molecule has 1 unspecified atom stereocenters. The highest BCUT2D eigenvalue weighted by molar-refractivity contribution is 6.02. The van der Waals surface area contributed by atoms with Crippen molar-refractivity contribution >= 4 is 11.8 Å². The van der Waals surface area contributed by atoms with E-state index in [1.54, 1.807) is 4.90 Å². The first-order valence-corrected chi connectivity index (χ1v) is 14.6. The van der Waals surface area contributed by atoms with Crippen LogP contribution in [0.25, 0.3) is 0 Å². The van der Waals surface area contributed by atoms with Gasteiger partial charge in [0, 0.05) is 12.8 Å². The number of imide groups is 1. The number of carbonyl (C=O) groups excluding carboxylic acids is 2. The van der Waals surface area contributed by atoms with Crippen molar-refractivity contribution in [2.45, 2.75) is 168 Å². The van der Waals surface area contributed by atoms with Crippen LogP contribution in [-0.4, -0.2) is 22.8 Å². The SMILES string of the molecule is CCCCCCCCCCCCCCC/C=C(\C)C(CCCCCCC)N1C(=O)CCC1=O. The Morgan fingerprint density at radius 3 is 1.52 bits per heavy atom. The highest BCUT2D eigenvalue weighted by Crippen LogP contribution is 2.25. The van der Waals surface area contributed by atoms with Gasteiger partial charge in [0.2, 0.25) is 11.8 Å². The predicted octanol–water partition coefficient (Wildman–Crippen LogP) is 9.29. The lowest BCUT2D eigenvalue weighted by Crippen LogP contribution is -2.40. The molecule has 192 valence electrons. The predicted molar refractivity (Wildman–Crippen MR) is 142 cm³/mol. The van der Waals surface area contributed by atoms with Gasteiger partial charge < -0.3 is 0 Å². The zero-order chi connectivity index (χ0) is 24.2. The van der Waals surface area contributed by atoms with Crippen LogP contribution in [0.5, 0.6) is 0 Å². The zero-order valence-electron chi connectivity index (χ0n) is 22.5. The van der Waals surface area contributed by atoms with Crippen molar-refractivity contribution in [1.29, 1.82) is 0 Å². The summed E-state index contributed by atoms with van der Waals surface area (Å²) in [7, 11) is 0. The summed E-state index contributed by atoms with van der Waals surface area (Å²) in [6.45, 7) is 6.65. The minimum absolute atomic E-state index is 0.00361. The average molecular weight is 462 g/mol. The summed E-state index contributed by atoms with van der Waals surface area (Å²) in [5, 5.41) is 0. The van der Waals surface area contributed by atoms with Crippen molar-refractivity contribution in [3.63, 3.8) is 0 Å². The Bertz CT molecular complexity index is 523. The lowest BCUT2D eigenvalue weighted by molar-refractivity contribution is -0.140. The lowest BCUT2D eigenvalue weighted by Gasteiger charge is -2.27. The number of allylic oxidation sites excluding steroid dienone is 1. The molecule has 1 aliphatic rings. The molecule has 0 bridgehead atoms. The quantitative estimate of drug-likeness (QED) is 0.0914. The van der Waals surface area contributed by atoms with Gasteiger partial charge in [-0.25, -0.2) is 0 Å². The molecular weight excluding hydrogens is 406 g/mol. The molecule has 0 saturated carbocycles. The van der Waals surface area contributed by atoms with Gasteiger partial charge >= 0.3 is 0 Å². The minimum Gasteiger partial charge on any atom is -0.275 e. The standard InChI is InChI=1S/C30H55NO2/c1-4-6-8-10-11-12-13-14-15-16-17-18-20-21-23-27(3)28(24-22-19-9-7-5-2)31-29(32)25-26-30(31)33/h23,28H,4-22,24-26H2,1-3H3/b27-23+. The van der Waals surface area contributed by atoms with E-state index >= 15 is 0 Å². The molecule has 0 aromatic rings. The molecule has 0 aromatic carbocycles. The number of rotatable bonds is 22. The number of hydrogen-bond acceptors (Lipinski definition) is 2. The van der Waals surface area contributed by atoms with Crippen molar-refractivity contribution in [3.8, 4) is 0 Å². The fourth-order valence-corrected chi connectivity index (χ4v) is 5.07. The van der Waals surface area contributed by atoms with Gasteiger partial charge in [0.25, 0.3) is 0 Å². The van der Waals surface area contributed by atoms with Gasteiger partial charge in [-0.15, -0.1) is 0 Å². The Balaban J connectivity index is 2.21. The summed E-state index contributed by atoms with van der Waals surface area (Å²) in [5.74, 6) is 0.0690. The molecule has 1 fully saturated rings. The van der Waals surface area contributed by atoms with Gasteiger partial charge in [-0.2, -0.15) is 0 Å². The average Bonchev–Trinajstić information content (AvgIpc) is 3.14. The van der Waals surface area contributed by atoms with Crippen molar-refractivity contribution in [2.75, 3.05) is 0 Å². The molecule has 33 heavy (non-hydrogen) atoms. The number of unbranched alkanes of at least 4 members (excludes halogenated alkanes) is 17. The fraction of sp³-hybridized carbons (Fsp3) is 0.867. The molecule has 0 N–H and O–H groups in total. The summed E-state index contributed by atoms with van der Waals surface area (Å²) in [6.07, 6.45) is 29.1. The third-order valence-corrected chi connectivity index (χ3v) is 7.28. The van der Waals surface area contributed by atoms with E-state index in [0.717, 1.165) is 19.3 Å². The molecule has 0 spiro atoms. The first kappa shape index (κ1) is 29.9. The van der Waals surface area contributed by atoms with Crippen molar-refractivity contribution in [3.05, 3.63) is 11.6 Å². The van der Waals surface area contributed by atoms with Gasteiger partial charge in [0.15, 0.2) is 0 Å². The van der Waals surface area contributed by atoms with Crippen LogP contribution < -0.4 is 0 Å². The number of nitrogens with zero attached hydrogens (tertiary/aromatic N) is 1. The Kier molecular flexibility index (Phi) is 18.4. The van der Waals surface area contributed by atoms with Gasteiger partial charge in [-0.1, -0.05) is 135 Å². The van der Waals surface area contributed by atoms with Crippen LogP contribution in [0.15, 0.2) is 11.6 Å². The summed E-state index contributed by atoms with van der Waals surface area (Å²) in [5.41, 5.74) is 1.23. The largest absolute Gasteiger partial charge is 0.275 e. The maximum Gasteiger partial charge on any atom is 0.230 e. The molecule has 0 aliphatic carbocycles. The topological polar surface area (TPSA) is 37.4 Å². The molecular formula is C30H55NO2. The Labute approximate surface area is 206 Å². The second-order valence-corrected chi connectivity index (χ2v) is 10.4. The van der Waals surface area contributed by atoms with E-state index in [1.165, 1.54) is 115 Å². The Hall–Kier alpha value is -1.12. The zero-order valence-corrected chi connectivity index (χ0v) is 22.5. The fourth-order valence-electron chi connectivity index (χ4n) is 5.07. The second kappa shape index (κ2) is 20.3. The van der Waals surface area contributed by atoms with Gasteiger partial charge in [-0.3, -0.25) is 14.5 Å². The maximum absolute atomic E-state index is 12.3. The normalized spacial score (nSPS) is 15.6. The van der Waals surface area contributed by atoms with Crippen LogP contribution in [0, 0.1) is 0 Å². The first-order valence-electron chi connectivity index (χ1n) is 14.6. The molecule has 2 amide bonds. The van der Waals surface area contributed by atoms with E-state index in [9.17, 15) is 9.59 Å². The number of hydrogen-bond donors (Lipinski definition) is 0. The molecule has 1 aliphatic heterocycles. The summed E-state index contributed by atoms with van der Waals surface area (Å²) in [4.78, 5) is 26.3. The number of carbonyl (C=O) groups is 2. The van der Waals surface area contributed by atoms with Crippen molar-refractivity contribution in [2.24, 2.45) is 0 Å². The summed E-state index contributed by atoms with van der Waals surface area (Å²) < 4.78 is 0. The molecule has 3 heteroatoms. The Morgan fingerprint density at radius 1 is 0.667 bits per heavy atom. The number of likely N-dealkylation sites (tertiary alicyclic amines) is 1. The number of amides is 2.